The van der Waals surface area contributed by atoms with E-state index in [1.807, 2.05) is 11.8 Å². The third-order valence-electron chi connectivity index (χ3n) is 6.37. The van der Waals surface area contributed by atoms with E-state index in [1.165, 1.54) is 24.7 Å². The molecule has 5 rings (SSSR count). The Morgan fingerprint density at radius 3 is 2.53 bits per heavy atom. The van der Waals surface area contributed by atoms with Crippen LogP contribution in [0.5, 0.6) is 5.75 Å². The van der Waals surface area contributed by atoms with E-state index < -0.39 is 11.9 Å². The van der Waals surface area contributed by atoms with Crippen molar-refractivity contribution in [3.63, 3.8) is 0 Å². The van der Waals surface area contributed by atoms with E-state index in [-0.39, 0.29) is 11.1 Å². The molecule has 7 nitrogen and oxygen atoms in total. The number of hydrogen-bond acceptors (Lipinski definition) is 7. The maximum absolute atomic E-state index is 14.9. The highest BCUT2D eigenvalue weighted by atomic mass is 35.5. The highest BCUT2D eigenvalue weighted by molar-refractivity contribution is 6.35. The highest BCUT2D eigenvalue weighted by Crippen LogP contribution is 2.38. The Morgan fingerprint density at radius 2 is 1.91 bits per heavy atom. The van der Waals surface area contributed by atoms with Crippen molar-refractivity contribution in [3.8, 4) is 5.75 Å². The lowest BCUT2D eigenvalue weighted by Gasteiger charge is -2.56. The van der Waals surface area contributed by atoms with Gasteiger partial charge in [-0.1, -0.05) is 23.2 Å². The molecule has 176 valence electrons. The number of nitrogens with two attached hydrogens (primary N) is 1. The van der Waals surface area contributed by atoms with Gasteiger partial charge in [-0.25, -0.2) is 9.37 Å². The van der Waals surface area contributed by atoms with Gasteiger partial charge in [-0.3, -0.25) is 10.4 Å². The molecule has 0 amide bonds. The Kier molecular flexibility index (Phi) is 5.83. The number of nitrogens with one attached hydrogen (secondary N) is 2. The highest BCUT2D eigenvalue weighted by Gasteiger charge is 2.48. The van der Waals surface area contributed by atoms with Gasteiger partial charge < -0.3 is 20.7 Å². The molecule has 0 aliphatic carbocycles. The molecule has 1 spiro atoms. The molecular formula is C24H23Cl2FN6O. The van der Waals surface area contributed by atoms with Crippen molar-refractivity contribution >= 4 is 40.4 Å². The second-order valence-corrected chi connectivity index (χ2v) is 9.70. The molecule has 4 heterocycles. The van der Waals surface area contributed by atoms with Crippen LogP contribution in [0.1, 0.15) is 29.7 Å². The molecule has 0 saturated carbocycles. The number of nitrogens with zero attached hydrogens (tertiary/aromatic N) is 3. The fourth-order valence-corrected chi connectivity index (χ4v) is 5.14. The molecule has 4 N–H and O–H groups in total. The van der Waals surface area contributed by atoms with Crippen LogP contribution in [-0.2, 0) is 0 Å². The number of nitrogen functional groups attached to an aromatic ring is 1. The summed E-state index contributed by atoms with van der Waals surface area (Å²) in [5, 5.41) is 12.7. The quantitative estimate of drug-likeness (QED) is 0.341. The number of benzene rings is 1. The molecule has 1 aromatic carbocycles. The summed E-state index contributed by atoms with van der Waals surface area (Å²) in [5.74, 6) is 0.334. The Bertz CT molecular complexity index is 1250. The first-order chi connectivity index (χ1) is 16.3. The Hall–Kier alpha value is -2.94. The Balaban J connectivity index is 1.35. The van der Waals surface area contributed by atoms with Gasteiger partial charge in [-0.2, -0.15) is 0 Å². The summed E-state index contributed by atoms with van der Waals surface area (Å²) in [6, 6.07) is 6.32. The van der Waals surface area contributed by atoms with Crippen molar-refractivity contribution in [2.75, 3.05) is 36.8 Å². The van der Waals surface area contributed by atoms with Gasteiger partial charge in [-0.05, 0) is 31.2 Å². The number of hydrogen-bond donors (Lipinski definition) is 3. The molecule has 0 radical (unpaired) electrons. The van der Waals surface area contributed by atoms with Crippen molar-refractivity contribution < 1.29 is 9.13 Å². The number of anilines is 2. The first-order valence-corrected chi connectivity index (χ1v) is 11.6. The van der Waals surface area contributed by atoms with Crippen LogP contribution in [0.4, 0.5) is 15.9 Å². The Morgan fingerprint density at radius 1 is 1.21 bits per heavy atom. The molecule has 2 saturated heterocycles. The van der Waals surface area contributed by atoms with Gasteiger partial charge in [0.2, 0.25) is 0 Å². The van der Waals surface area contributed by atoms with E-state index in [0.717, 1.165) is 26.2 Å². The van der Waals surface area contributed by atoms with Crippen LogP contribution in [0, 0.1) is 16.6 Å². The van der Waals surface area contributed by atoms with Crippen LogP contribution >= 0.6 is 23.2 Å². The van der Waals surface area contributed by atoms with Gasteiger partial charge >= 0.3 is 0 Å². The summed E-state index contributed by atoms with van der Waals surface area (Å²) >= 11 is 12.5. The molecular weight excluding hydrogens is 478 g/mol. The average Bonchev–Trinajstić information content (AvgIpc) is 2.73. The minimum Gasteiger partial charge on any atom is -0.486 e. The predicted octanol–water partition coefficient (Wildman–Crippen LogP) is 4.47. The maximum atomic E-state index is 14.9. The smallest absolute Gasteiger partial charge is 0.166 e. The molecule has 10 heteroatoms. The van der Waals surface area contributed by atoms with E-state index in [2.05, 4.69) is 15.3 Å². The summed E-state index contributed by atoms with van der Waals surface area (Å²) in [6.45, 7) is 5.31. The largest absolute Gasteiger partial charge is 0.486 e. The SMILES string of the molecule is C[C@H](Oc1ccc(N)c(C(=N)c2cnc(N3CC4(CNC4)C3)c(F)c2)c1)c1c(Cl)cncc1Cl. The summed E-state index contributed by atoms with van der Waals surface area (Å²) in [4.78, 5) is 10.2. The Labute approximate surface area is 206 Å². The van der Waals surface area contributed by atoms with E-state index >= 15 is 0 Å². The lowest BCUT2D eigenvalue weighted by molar-refractivity contribution is 0.119. The minimum absolute atomic E-state index is 0.0526. The van der Waals surface area contributed by atoms with Gasteiger partial charge in [0.1, 0.15) is 11.9 Å². The van der Waals surface area contributed by atoms with E-state index in [9.17, 15) is 4.39 Å². The maximum Gasteiger partial charge on any atom is 0.166 e. The molecule has 1 atom stereocenters. The first kappa shape index (κ1) is 22.8. The summed E-state index contributed by atoms with van der Waals surface area (Å²) in [7, 11) is 0. The van der Waals surface area contributed by atoms with Crippen LogP contribution in [0.25, 0.3) is 0 Å². The molecule has 2 fully saturated rings. The standard InChI is InChI=1S/C24H23Cl2FN6O/c1-13(21-17(25)7-30-8-18(21)26)34-15-2-3-20(28)16(5-15)22(29)14-4-19(27)23(32-6-14)33-11-24(12-33)9-31-10-24/h2-8,13,29,31H,9-12,28H2,1H3/t13-/m0/s1. The number of halogens is 3. The fraction of sp³-hybridized carbons (Fsp3) is 0.292. The molecule has 0 bridgehead atoms. The van der Waals surface area contributed by atoms with Gasteiger partial charge in [0.25, 0.3) is 0 Å². The van der Waals surface area contributed by atoms with Crippen LogP contribution in [0.3, 0.4) is 0 Å². The van der Waals surface area contributed by atoms with E-state index in [4.69, 9.17) is 39.1 Å². The van der Waals surface area contributed by atoms with Crippen molar-refractivity contribution in [3.05, 3.63) is 75.4 Å². The monoisotopic (exact) mass is 500 g/mol. The molecule has 0 unspecified atom stereocenters. The van der Waals surface area contributed by atoms with Gasteiger partial charge in [-0.15, -0.1) is 0 Å². The summed E-state index contributed by atoms with van der Waals surface area (Å²) in [6.07, 6.45) is 4.04. The number of rotatable bonds is 6. The van der Waals surface area contributed by atoms with Crippen LogP contribution < -0.4 is 20.7 Å². The van der Waals surface area contributed by atoms with Gasteiger partial charge in [0, 0.05) is 72.6 Å². The molecule has 2 aliphatic heterocycles. The predicted molar refractivity (Wildman–Crippen MR) is 132 cm³/mol. The zero-order valence-electron chi connectivity index (χ0n) is 18.4. The second kappa shape index (κ2) is 8.69. The molecule has 3 aromatic rings. The van der Waals surface area contributed by atoms with E-state index in [1.54, 1.807) is 18.2 Å². The molecule has 2 aliphatic rings. The first-order valence-electron chi connectivity index (χ1n) is 10.8. The van der Waals surface area contributed by atoms with Crippen molar-refractivity contribution in [1.29, 1.82) is 5.41 Å². The van der Waals surface area contributed by atoms with Crippen LogP contribution in [0.15, 0.2) is 42.9 Å². The summed E-state index contributed by atoms with van der Waals surface area (Å²) < 4.78 is 20.9. The molecule has 34 heavy (non-hydrogen) atoms. The topological polar surface area (TPSA) is 100 Å². The van der Waals surface area contributed by atoms with Crippen LogP contribution in [-0.4, -0.2) is 41.9 Å². The third-order valence-corrected chi connectivity index (χ3v) is 6.97. The minimum atomic E-state index is -0.474. The lowest BCUT2D eigenvalue weighted by Crippen LogP contribution is -2.71. The van der Waals surface area contributed by atoms with Crippen LogP contribution in [0.2, 0.25) is 10.0 Å². The fourth-order valence-electron chi connectivity index (χ4n) is 4.47. The van der Waals surface area contributed by atoms with Gasteiger partial charge in [0.05, 0.1) is 15.8 Å². The second-order valence-electron chi connectivity index (χ2n) is 8.89. The van der Waals surface area contributed by atoms with E-state index in [0.29, 0.717) is 44.0 Å². The third kappa shape index (κ3) is 4.06. The summed E-state index contributed by atoms with van der Waals surface area (Å²) in [5.41, 5.74) is 8.18. The average molecular weight is 501 g/mol. The normalized spacial score (nSPS) is 17.1. The van der Waals surface area contributed by atoms with Gasteiger partial charge in [0.15, 0.2) is 11.6 Å². The van der Waals surface area contributed by atoms with Crippen molar-refractivity contribution in [2.45, 2.75) is 13.0 Å². The zero-order valence-corrected chi connectivity index (χ0v) is 19.9. The number of pyridine rings is 2. The van der Waals surface area contributed by atoms with Crippen molar-refractivity contribution in [2.24, 2.45) is 5.41 Å². The number of ether oxygens (including phenoxy) is 1. The zero-order chi connectivity index (χ0) is 24.0. The molecule has 2 aromatic heterocycles. The number of aromatic nitrogens is 2. The lowest BCUT2D eigenvalue weighted by atomic mass is 9.74. The van der Waals surface area contributed by atoms with Crippen molar-refractivity contribution in [1.82, 2.24) is 15.3 Å².